The highest BCUT2D eigenvalue weighted by Crippen LogP contribution is 2.37. The molecule has 3 N–H and O–H groups in total. The largest absolute Gasteiger partial charge is 0.325 e. The van der Waals surface area contributed by atoms with Crippen molar-refractivity contribution < 1.29 is 14.4 Å². The number of carbonyl (C=O) groups excluding carboxylic acids is 3. The third kappa shape index (κ3) is 8.59. The summed E-state index contributed by atoms with van der Waals surface area (Å²) in [4.78, 5) is 41.0. The molecule has 0 radical (unpaired) electrons. The van der Waals surface area contributed by atoms with Crippen LogP contribution in [0.2, 0.25) is 0 Å². The fraction of sp³-hybridized carbons (Fsp3) is 0.0789. The van der Waals surface area contributed by atoms with Crippen LogP contribution in [0.25, 0.3) is 6.08 Å². The summed E-state index contributed by atoms with van der Waals surface area (Å²) in [6.45, 7) is 3.99. The van der Waals surface area contributed by atoms with Gasteiger partial charge in [0, 0.05) is 21.8 Å². The molecule has 1 unspecified atom stereocenters. The van der Waals surface area contributed by atoms with E-state index in [9.17, 15) is 14.4 Å². The average Bonchev–Trinajstić information content (AvgIpc) is 3.06. The average molecular weight is 612 g/mol. The Bertz CT molecular complexity index is 1820. The minimum Gasteiger partial charge on any atom is -0.325 e. The first-order chi connectivity index (χ1) is 21.9. The lowest BCUT2D eigenvalue weighted by Crippen LogP contribution is -2.30. The highest BCUT2D eigenvalue weighted by molar-refractivity contribution is 8.00. The Morgan fingerprint density at radius 1 is 0.689 bits per heavy atom. The molecule has 0 bridgehead atoms. The monoisotopic (exact) mass is 611 g/mol. The molecule has 3 amide bonds. The second-order valence-electron chi connectivity index (χ2n) is 10.5. The Hall–Kier alpha value is -5.40. The number of amides is 3. The maximum absolute atomic E-state index is 13.7. The second-order valence-corrected chi connectivity index (χ2v) is 11.7. The van der Waals surface area contributed by atoms with Gasteiger partial charge in [-0.1, -0.05) is 103 Å². The highest BCUT2D eigenvalue weighted by Gasteiger charge is 2.23. The standard InChI is InChI=1S/C38H33N3O3S/c1-26-21-22-33(27(2)23-26)40-38(44)35(29-15-8-4-9-16-29)45-32-20-12-19-31(25-32)39-37(43)34(24-28-13-6-3-7-14-28)41-36(42)30-17-10-5-11-18-30/h3-25,35H,1-2H3,(H,39,43)(H,40,44)(H,41,42)/b34-24-. The predicted octanol–water partition coefficient (Wildman–Crippen LogP) is 8.19. The van der Waals surface area contributed by atoms with E-state index < -0.39 is 17.1 Å². The number of benzene rings is 5. The number of rotatable bonds is 10. The van der Waals surface area contributed by atoms with E-state index in [1.54, 1.807) is 36.4 Å². The molecule has 0 fully saturated rings. The minimum absolute atomic E-state index is 0.100. The number of nitrogens with one attached hydrogen (secondary N) is 3. The zero-order valence-electron chi connectivity index (χ0n) is 25.0. The zero-order chi connectivity index (χ0) is 31.6. The predicted molar refractivity (Wildman–Crippen MR) is 183 cm³/mol. The summed E-state index contributed by atoms with van der Waals surface area (Å²) >= 11 is 1.39. The Labute approximate surface area is 267 Å². The smallest absolute Gasteiger partial charge is 0.272 e. The topological polar surface area (TPSA) is 87.3 Å². The molecule has 1 atom stereocenters. The van der Waals surface area contributed by atoms with Crippen molar-refractivity contribution in [1.82, 2.24) is 5.32 Å². The molecule has 5 rings (SSSR count). The highest BCUT2D eigenvalue weighted by atomic mass is 32.2. The maximum atomic E-state index is 13.7. The molecule has 0 saturated heterocycles. The van der Waals surface area contributed by atoms with Gasteiger partial charge in [-0.2, -0.15) is 0 Å². The van der Waals surface area contributed by atoms with Gasteiger partial charge in [0.15, 0.2) is 0 Å². The first kappa shape index (κ1) is 31.0. The number of anilines is 2. The van der Waals surface area contributed by atoms with Crippen molar-refractivity contribution in [3.63, 3.8) is 0 Å². The number of thioether (sulfide) groups is 1. The van der Waals surface area contributed by atoms with E-state index >= 15 is 0 Å². The van der Waals surface area contributed by atoms with Crippen LogP contribution in [-0.2, 0) is 9.59 Å². The first-order valence-electron chi connectivity index (χ1n) is 14.5. The minimum atomic E-state index is -0.545. The lowest BCUT2D eigenvalue weighted by atomic mass is 10.1. The van der Waals surface area contributed by atoms with Gasteiger partial charge >= 0.3 is 0 Å². The fourth-order valence-corrected chi connectivity index (χ4v) is 5.78. The summed E-state index contributed by atoms with van der Waals surface area (Å²) in [5, 5.41) is 8.24. The van der Waals surface area contributed by atoms with Crippen LogP contribution >= 0.6 is 11.8 Å². The van der Waals surface area contributed by atoms with E-state index in [0.717, 1.165) is 32.8 Å². The quantitative estimate of drug-likeness (QED) is 0.110. The lowest BCUT2D eigenvalue weighted by Gasteiger charge is -2.19. The van der Waals surface area contributed by atoms with Crippen molar-refractivity contribution in [2.45, 2.75) is 24.0 Å². The third-order valence-corrected chi connectivity index (χ3v) is 8.21. The molecule has 0 aliphatic rings. The van der Waals surface area contributed by atoms with Gasteiger partial charge in [0.25, 0.3) is 11.8 Å². The molecule has 224 valence electrons. The van der Waals surface area contributed by atoms with Crippen molar-refractivity contribution in [2.24, 2.45) is 0 Å². The molecular formula is C38H33N3O3S. The van der Waals surface area contributed by atoms with Crippen molar-refractivity contribution in [1.29, 1.82) is 0 Å². The number of hydrogen-bond acceptors (Lipinski definition) is 4. The molecule has 0 heterocycles. The number of hydrogen-bond donors (Lipinski definition) is 3. The summed E-state index contributed by atoms with van der Waals surface area (Å²) < 4.78 is 0. The van der Waals surface area contributed by atoms with E-state index in [1.165, 1.54) is 11.8 Å². The van der Waals surface area contributed by atoms with Crippen molar-refractivity contribution in [3.8, 4) is 0 Å². The van der Waals surface area contributed by atoms with Crippen molar-refractivity contribution in [2.75, 3.05) is 10.6 Å². The summed E-state index contributed by atoms with van der Waals surface area (Å²) in [5.74, 6) is -1.01. The molecule has 5 aromatic carbocycles. The van der Waals surface area contributed by atoms with Gasteiger partial charge < -0.3 is 16.0 Å². The third-order valence-electron chi connectivity index (χ3n) is 6.97. The molecule has 0 aliphatic carbocycles. The number of aryl methyl sites for hydroxylation is 2. The van der Waals surface area contributed by atoms with Gasteiger partial charge in [0.1, 0.15) is 10.9 Å². The summed E-state index contributed by atoms with van der Waals surface area (Å²) in [7, 11) is 0. The Kier molecular flexibility index (Phi) is 10.2. The lowest BCUT2D eigenvalue weighted by molar-refractivity contribution is -0.116. The number of carbonyl (C=O) groups is 3. The fourth-order valence-electron chi connectivity index (χ4n) is 4.69. The molecule has 0 aliphatic heterocycles. The van der Waals surface area contributed by atoms with Crippen molar-refractivity contribution in [3.05, 3.63) is 167 Å². The Balaban J connectivity index is 1.37. The summed E-state index contributed by atoms with van der Waals surface area (Å²) in [6.07, 6.45) is 1.64. The van der Waals surface area contributed by atoms with E-state index in [0.29, 0.717) is 11.3 Å². The summed E-state index contributed by atoms with van der Waals surface area (Å²) in [6, 6.07) is 40.9. The van der Waals surface area contributed by atoms with Crippen LogP contribution in [0.15, 0.2) is 144 Å². The molecule has 0 aromatic heterocycles. The van der Waals surface area contributed by atoms with Crippen LogP contribution in [0.3, 0.4) is 0 Å². The summed E-state index contributed by atoms with van der Waals surface area (Å²) in [5.41, 5.74) is 5.57. The molecular weight excluding hydrogens is 579 g/mol. The molecule has 45 heavy (non-hydrogen) atoms. The van der Waals surface area contributed by atoms with Gasteiger partial charge in [-0.3, -0.25) is 14.4 Å². The maximum Gasteiger partial charge on any atom is 0.272 e. The SMILES string of the molecule is Cc1ccc(NC(=O)C(Sc2cccc(NC(=O)/C(=C/c3ccccc3)NC(=O)c3ccccc3)c2)c2ccccc2)c(C)c1. The van der Waals surface area contributed by atoms with Crippen LogP contribution in [0.5, 0.6) is 0 Å². The molecule has 7 heteroatoms. The molecule has 0 spiro atoms. The van der Waals surface area contributed by atoms with Gasteiger partial charge in [-0.15, -0.1) is 11.8 Å². The van der Waals surface area contributed by atoms with E-state index in [4.69, 9.17) is 0 Å². The van der Waals surface area contributed by atoms with E-state index in [2.05, 4.69) is 16.0 Å². The normalized spacial score (nSPS) is 11.7. The van der Waals surface area contributed by atoms with Crippen LogP contribution in [0, 0.1) is 13.8 Å². The molecule has 0 saturated carbocycles. The van der Waals surface area contributed by atoms with Crippen molar-refractivity contribution >= 4 is 46.9 Å². The van der Waals surface area contributed by atoms with E-state index in [1.807, 2.05) is 117 Å². The van der Waals surface area contributed by atoms with Gasteiger partial charge in [0.05, 0.1) is 0 Å². The molecule has 5 aromatic rings. The van der Waals surface area contributed by atoms with Crippen LogP contribution in [-0.4, -0.2) is 17.7 Å². The van der Waals surface area contributed by atoms with Gasteiger partial charge in [-0.25, -0.2) is 0 Å². The van der Waals surface area contributed by atoms with Crippen LogP contribution in [0.1, 0.15) is 37.9 Å². The van der Waals surface area contributed by atoms with Crippen LogP contribution in [0.4, 0.5) is 11.4 Å². The van der Waals surface area contributed by atoms with Gasteiger partial charge in [-0.05, 0) is 73.0 Å². The van der Waals surface area contributed by atoms with E-state index in [-0.39, 0.29) is 11.6 Å². The first-order valence-corrected chi connectivity index (χ1v) is 15.4. The zero-order valence-corrected chi connectivity index (χ0v) is 25.8. The molecule has 6 nitrogen and oxygen atoms in total. The van der Waals surface area contributed by atoms with Crippen LogP contribution < -0.4 is 16.0 Å². The second kappa shape index (κ2) is 14.9. The Morgan fingerprint density at radius 2 is 1.36 bits per heavy atom. The van der Waals surface area contributed by atoms with Gasteiger partial charge in [0.2, 0.25) is 5.91 Å². The Morgan fingerprint density at radius 3 is 2.04 bits per heavy atom.